The number of hydrogen-bond donors (Lipinski definition) is 0. The second-order valence-electron chi connectivity index (χ2n) is 28.7. The lowest BCUT2D eigenvalue weighted by Gasteiger charge is -2.48. The maximum absolute atomic E-state index is 2.72. The molecule has 73 heavy (non-hydrogen) atoms. The van der Waals surface area contributed by atoms with Crippen LogP contribution in [-0.2, 0) is 37.9 Å². The first-order chi connectivity index (χ1) is 33.8. The second kappa shape index (κ2) is 16.9. The highest BCUT2D eigenvalue weighted by molar-refractivity contribution is 7.00. The van der Waals surface area contributed by atoms with E-state index in [-0.39, 0.29) is 44.6 Å². The minimum atomic E-state index is -0.132. The summed E-state index contributed by atoms with van der Waals surface area (Å²) in [5, 5.41) is 0. The molecule has 7 aromatic rings. The first kappa shape index (κ1) is 50.7. The molecule has 0 aromatic heterocycles. The molecule has 0 fully saturated rings. The number of anilines is 6. The number of nitrogens with zero attached hydrogens (tertiary/aromatic N) is 2. The largest absolute Gasteiger partial charge is 0.311 e. The average Bonchev–Trinajstić information content (AvgIpc) is 3.31. The van der Waals surface area contributed by atoms with E-state index in [9.17, 15) is 0 Å². The van der Waals surface area contributed by atoms with Crippen LogP contribution < -0.4 is 26.2 Å². The van der Waals surface area contributed by atoms with Crippen LogP contribution in [0.2, 0.25) is 0 Å². The Bertz CT molecular complexity index is 3270. The maximum Gasteiger partial charge on any atom is 0.252 e. The van der Waals surface area contributed by atoms with Crippen LogP contribution in [0.4, 0.5) is 34.1 Å². The van der Waals surface area contributed by atoms with Crippen LogP contribution in [0.1, 0.15) is 183 Å². The molecule has 0 spiro atoms. The molecule has 0 atom stereocenters. The molecule has 2 heterocycles. The van der Waals surface area contributed by atoms with Crippen molar-refractivity contribution in [1.29, 1.82) is 0 Å². The van der Waals surface area contributed by atoms with Gasteiger partial charge in [0.2, 0.25) is 0 Å². The van der Waals surface area contributed by atoms with E-state index in [1.54, 1.807) is 0 Å². The van der Waals surface area contributed by atoms with E-state index in [4.69, 9.17) is 0 Å². The fourth-order valence-electron chi connectivity index (χ4n) is 12.0. The van der Waals surface area contributed by atoms with Crippen LogP contribution in [-0.4, -0.2) is 6.71 Å². The highest BCUT2D eigenvalue weighted by Crippen LogP contribution is 2.53. The number of rotatable bonds is 4. The quantitative estimate of drug-likeness (QED) is 0.162. The Kier molecular flexibility index (Phi) is 11.7. The van der Waals surface area contributed by atoms with Gasteiger partial charge in [-0.25, -0.2) is 0 Å². The van der Waals surface area contributed by atoms with Gasteiger partial charge in [0.05, 0.1) is 5.69 Å². The topological polar surface area (TPSA) is 6.48 Å². The smallest absolute Gasteiger partial charge is 0.252 e. The lowest BCUT2D eigenvalue weighted by molar-refractivity contribution is 0.332. The molecule has 0 N–H and O–H groups in total. The zero-order valence-corrected chi connectivity index (χ0v) is 48.1. The summed E-state index contributed by atoms with van der Waals surface area (Å²) >= 11 is 0. The summed E-state index contributed by atoms with van der Waals surface area (Å²) < 4.78 is 0. The summed E-state index contributed by atoms with van der Waals surface area (Å²) in [6.07, 6.45) is 2.32. The lowest BCUT2D eigenvalue weighted by Crippen LogP contribution is -2.62. The summed E-state index contributed by atoms with van der Waals surface area (Å²) in [4.78, 5) is 5.34. The van der Waals surface area contributed by atoms with Gasteiger partial charge in [0, 0.05) is 34.0 Å². The van der Waals surface area contributed by atoms with Gasteiger partial charge in [0.1, 0.15) is 0 Å². The SMILES string of the molecule is CC(C)(C)c1ccc(-c2ccc(-c3cc(C(C)(C)C)ccc3N3c4cc5c(cc4B4c6cc(C(C)(C)C)ccc6N(c6ccc(C(C)(C)C)cc6)c6cc(C(C)(C)C)cc3c64)C(C)(C)CCC5(C)C)cc2)cc1. The van der Waals surface area contributed by atoms with E-state index in [0.717, 1.165) is 12.8 Å². The van der Waals surface area contributed by atoms with Gasteiger partial charge >= 0.3 is 0 Å². The fraction of sp³-hybridized carbons (Fsp3) is 0.400. The first-order valence-electron chi connectivity index (χ1n) is 27.4. The van der Waals surface area contributed by atoms with E-state index in [1.807, 2.05) is 0 Å². The van der Waals surface area contributed by atoms with Gasteiger partial charge in [-0.15, -0.1) is 0 Å². The molecular weight excluding hydrogens is 880 g/mol. The minimum Gasteiger partial charge on any atom is -0.311 e. The van der Waals surface area contributed by atoms with Crippen molar-refractivity contribution in [2.45, 2.75) is 182 Å². The molecule has 7 aromatic carbocycles. The normalized spacial score (nSPS) is 16.2. The molecule has 10 rings (SSSR count). The molecule has 0 radical (unpaired) electrons. The molecule has 3 aliphatic rings. The molecule has 1 aliphatic carbocycles. The van der Waals surface area contributed by atoms with Gasteiger partial charge in [-0.05, 0) is 171 Å². The van der Waals surface area contributed by atoms with Crippen molar-refractivity contribution < 1.29 is 0 Å². The Hall–Kier alpha value is -5.80. The number of benzene rings is 7. The van der Waals surface area contributed by atoms with Crippen LogP contribution in [0.3, 0.4) is 0 Å². The van der Waals surface area contributed by atoms with E-state index in [1.165, 1.54) is 112 Å². The minimum absolute atomic E-state index is 0.0139. The standard InChI is InChI=1S/C70H83BN2/c1-64(2,3)47-26-24-45(25-27-47)44-20-22-46(23-21-44)53-38-49(66(7,8)9)30-34-58(53)73-60-43-55-54(69(16,17)36-37-70(55,18)19)42-57(60)71-56-39-50(67(10,11)12)31-35-59(56)72(52-32-28-48(29-33-52)65(4,5)6)61-40-51(68(13,14)15)41-62(73)63(61)71/h20-35,38-43H,36-37H2,1-19H3. The molecule has 0 unspecified atom stereocenters. The Morgan fingerprint density at radius 3 is 1.25 bits per heavy atom. The van der Waals surface area contributed by atoms with Gasteiger partial charge in [0.25, 0.3) is 6.71 Å². The van der Waals surface area contributed by atoms with E-state index in [2.05, 4.69) is 275 Å². The third-order valence-electron chi connectivity index (χ3n) is 17.1. The lowest BCUT2D eigenvalue weighted by atomic mass is 9.32. The van der Waals surface area contributed by atoms with Crippen molar-refractivity contribution >= 4 is 57.2 Å². The van der Waals surface area contributed by atoms with Crippen molar-refractivity contribution in [3.8, 4) is 22.3 Å². The van der Waals surface area contributed by atoms with Gasteiger partial charge in [-0.1, -0.05) is 216 Å². The second-order valence-corrected chi connectivity index (χ2v) is 28.7. The summed E-state index contributed by atoms with van der Waals surface area (Å²) in [7, 11) is 0. The predicted molar refractivity (Wildman–Crippen MR) is 320 cm³/mol. The fourth-order valence-corrected chi connectivity index (χ4v) is 12.0. The van der Waals surface area contributed by atoms with E-state index >= 15 is 0 Å². The van der Waals surface area contributed by atoms with E-state index < -0.39 is 0 Å². The molecule has 0 amide bonds. The summed E-state index contributed by atoms with van der Waals surface area (Å²) in [5.41, 5.74) is 26.3. The summed E-state index contributed by atoms with van der Waals surface area (Å²) in [6, 6.07) is 53.4. The Balaban J connectivity index is 1.31. The summed E-state index contributed by atoms with van der Waals surface area (Å²) in [5.74, 6) is 0. The molecule has 376 valence electrons. The third-order valence-corrected chi connectivity index (χ3v) is 17.1. The Labute approximate surface area is 441 Å². The average molecular weight is 963 g/mol. The van der Waals surface area contributed by atoms with Gasteiger partial charge < -0.3 is 9.80 Å². The van der Waals surface area contributed by atoms with Crippen LogP contribution >= 0.6 is 0 Å². The van der Waals surface area contributed by atoms with Crippen molar-refractivity contribution in [2.75, 3.05) is 9.80 Å². The third kappa shape index (κ3) is 8.89. The number of hydrogen-bond acceptors (Lipinski definition) is 2. The molecule has 0 saturated heterocycles. The van der Waals surface area contributed by atoms with Crippen molar-refractivity contribution in [3.63, 3.8) is 0 Å². The van der Waals surface area contributed by atoms with Crippen LogP contribution in [0.25, 0.3) is 22.3 Å². The Morgan fingerprint density at radius 1 is 0.342 bits per heavy atom. The Morgan fingerprint density at radius 2 is 0.740 bits per heavy atom. The van der Waals surface area contributed by atoms with E-state index in [0.29, 0.717) is 0 Å². The highest BCUT2D eigenvalue weighted by atomic mass is 15.2. The molecular formula is C70H83BN2. The molecule has 0 bridgehead atoms. The van der Waals surface area contributed by atoms with Crippen molar-refractivity contribution in [2.24, 2.45) is 0 Å². The monoisotopic (exact) mass is 963 g/mol. The van der Waals surface area contributed by atoms with Crippen LogP contribution in [0.5, 0.6) is 0 Å². The molecule has 2 aliphatic heterocycles. The molecule has 3 heteroatoms. The maximum atomic E-state index is 2.72. The molecule has 0 saturated carbocycles. The van der Waals surface area contributed by atoms with Gasteiger partial charge in [-0.3, -0.25) is 0 Å². The predicted octanol–water partition coefficient (Wildman–Crippen LogP) is 17.9. The highest BCUT2D eigenvalue weighted by Gasteiger charge is 2.47. The first-order valence-corrected chi connectivity index (χ1v) is 27.4. The number of fused-ring (bicyclic) bond motifs is 5. The van der Waals surface area contributed by atoms with Gasteiger partial charge in [0.15, 0.2) is 0 Å². The van der Waals surface area contributed by atoms with Crippen molar-refractivity contribution in [3.05, 3.63) is 172 Å². The zero-order valence-electron chi connectivity index (χ0n) is 48.1. The van der Waals surface area contributed by atoms with Crippen molar-refractivity contribution in [1.82, 2.24) is 0 Å². The summed E-state index contributed by atoms with van der Waals surface area (Å²) in [6.45, 7) is 45.1. The van der Waals surface area contributed by atoms with Gasteiger partial charge in [-0.2, -0.15) is 0 Å². The molecule has 2 nitrogen and oxygen atoms in total. The van der Waals surface area contributed by atoms with Crippen LogP contribution in [0.15, 0.2) is 133 Å². The van der Waals surface area contributed by atoms with Crippen LogP contribution in [0, 0.1) is 0 Å². The zero-order chi connectivity index (χ0) is 52.7.